The van der Waals surface area contributed by atoms with Crippen molar-refractivity contribution in [2.24, 2.45) is 5.92 Å². The fourth-order valence-corrected chi connectivity index (χ4v) is 3.85. The molecule has 1 N–H and O–H groups in total. The lowest BCUT2D eigenvalue weighted by Gasteiger charge is -2.19. The Morgan fingerprint density at radius 3 is 2.08 bits per heavy atom. The highest BCUT2D eigenvalue weighted by Crippen LogP contribution is 2.42. The summed E-state index contributed by atoms with van der Waals surface area (Å²) >= 11 is 17.3. The number of benzene rings is 2. The van der Waals surface area contributed by atoms with Crippen LogP contribution in [0, 0.1) is 5.92 Å². The fourth-order valence-electron chi connectivity index (χ4n) is 3.24. The van der Waals surface area contributed by atoms with Crippen molar-refractivity contribution in [1.29, 1.82) is 0 Å². The molecule has 198 valence electrons. The molecule has 0 aliphatic heterocycles. The van der Waals surface area contributed by atoms with Crippen LogP contribution < -0.4 is 5.32 Å². The zero-order valence-corrected chi connectivity index (χ0v) is 21.2. The molecule has 0 radical (unpaired) electrons. The van der Waals surface area contributed by atoms with Gasteiger partial charge in [0, 0.05) is 11.1 Å². The van der Waals surface area contributed by atoms with E-state index in [9.17, 15) is 35.5 Å². The Bertz CT molecular complexity index is 1100. The summed E-state index contributed by atoms with van der Waals surface area (Å²) in [5.41, 5.74) is -3.53. The molecule has 0 amide bonds. The Morgan fingerprint density at radius 1 is 1.00 bits per heavy atom. The third-order valence-electron chi connectivity index (χ3n) is 5.12. The lowest BCUT2D eigenvalue weighted by atomic mass is 9.95. The van der Waals surface area contributed by atoms with E-state index in [1.54, 1.807) is 0 Å². The first kappa shape index (κ1) is 30.4. The van der Waals surface area contributed by atoms with Gasteiger partial charge in [0.05, 0.1) is 27.2 Å². The third-order valence-corrected chi connectivity index (χ3v) is 6.31. The molecule has 0 bridgehead atoms. The molecule has 2 aromatic rings. The molecule has 0 aliphatic rings. The summed E-state index contributed by atoms with van der Waals surface area (Å²) in [6.45, 7) is 3.89. The average molecular weight is 579 g/mol. The van der Waals surface area contributed by atoms with Crippen LogP contribution in [-0.2, 0) is 6.18 Å². The summed E-state index contributed by atoms with van der Waals surface area (Å²) in [5.74, 6) is -4.75. The van der Waals surface area contributed by atoms with Crippen molar-refractivity contribution in [3.8, 4) is 0 Å². The van der Waals surface area contributed by atoms with Crippen LogP contribution in [-0.4, -0.2) is 25.0 Å². The van der Waals surface area contributed by atoms with Crippen LogP contribution in [0.4, 0.5) is 30.7 Å². The molecule has 2 nitrogen and oxygen atoms in total. The standard InChI is InChI=1S/C24H21Cl3F7NO/c1-12(2)5-6-35-11-21(36)15-4-3-13(7-17(15)24(32,33)34)20(28)10-16(23(29,30)31)14-8-18(25)22(27)19(26)9-14/h3-4,7-10,12,16,35H,5-6,11H2,1-2H3/b20-10-. The average Bonchev–Trinajstić information content (AvgIpc) is 2.76. The summed E-state index contributed by atoms with van der Waals surface area (Å²) in [5, 5.41) is 1.91. The van der Waals surface area contributed by atoms with Gasteiger partial charge in [-0.15, -0.1) is 0 Å². The summed E-state index contributed by atoms with van der Waals surface area (Å²) in [4.78, 5) is 12.4. The number of nitrogens with one attached hydrogen (secondary N) is 1. The number of allylic oxidation sites excluding steroid dienone is 1. The van der Waals surface area contributed by atoms with Crippen molar-refractivity contribution in [3.05, 3.63) is 73.7 Å². The van der Waals surface area contributed by atoms with Gasteiger partial charge in [-0.2, -0.15) is 26.3 Å². The molecule has 2 rings (SSSR count). The fraction of sp³-hybridized carbons (Fsp3) is 0.375. The molecule has 0 saturated heterocycles. The van der Waals surface area contributed by atoms with E-state index in [0.29, 0.717) is 24.9 Å². The van der Waals surface area contributed by atoms with Gasteiger partial charge >= 0.3 is 12.4 Å². The summed E-state index contributed by atoms with van der Waals surface area (Å²) in [6, 6.07) is 3.55. The molecular weight excluding hydrogens is 558 g/mol. The Kier molecular flexibility index (Phi) is 10.3. The minimum absolute atomic E-state index is 0.111. The van der Waals surface area contributed by atoms with E-state index in [1.807, 2.05) is 13.8 Å². The lowest BCUT2D eigenvalue weighted by Crippen LogP contribution is -2.26. The van der Waals surface area contributed by atoms with Crippen LogP contribution in [0.3, 0.4) is 0 Å². The highest BCUT2D eigenvalue weighted by molar-refractivity contribution is 6.48. The number of rotatable bonds is 9. The SMILES string of the molecule is CC(C)CCNCC(=O)c1ccc(/C(F)=C/C(c2cc(Cl)c(Cl)c(Cl)c2)C(F)(F)F)cc1C(F)(F)F. The first-order valence-corrected chi connectivity index (χ1v) is 11.7. The smallest absolute Gasteiger partial charge is 0.310 e. The minimum Gasteiger partial charge on any atom is -0.310 e. The molecule has 0 spiro atoms. The van der Waals surface area contributed by atoms with Gasteiger partial charge in [0.2, 0.25) is 0 Å². The molecule has 1 atom stereocenters. The maximum Gasteiger partial charge on any atom is 0.417 e. The normalized spacial score (nSPS) is 13.9. The Labute approximate surface area is 218 Å². The van der Waals surface area contributed by atoms with Crippen molar-refractivity contribution < 1.29 is 35.5 Å². The summed E-state index contributed by atoms with van der Waals surface area (Å²) in [7, 11) is 0. The van der Waals surface area contributed by atoms with Crippen molar-refractivity contribution in [2.45, 2.75) is 38.5 Å². The van der Waals surface area contributed by atoms with Gasteiger partial charge in [-0.1, -0.05) is 60.8 Å². The van der Waals surface area contributed by atoms with E-state index in [1.165, 1.54) is 0 Å². The monoisotopic (exact) mass is 577 g/mol. The zero-order valence-electron chi connectivity index (χ0n) is 18.9. The number of alkyl halides is 6. The highest BCUT2D eigenvalue weighted by Gasteiger charge is 2.41. The predicted octanol–water partition coefficient (Wildman–Crippen LogP) is 9.14. The van der Waals surface area contributed by atoms with Gasteiger partial charge in [-0.05, 0) is 48.7 Å². The molecule has 0 heterocycles. The maximum atomic E-state index is 14.9. The first-order chi connectivity index (χ1) is 16.5. The van der Waals surface area contributed by atoms with Gasteiger partial charge in [0.25, 0.3) is 0 Å². The number of Topliss-reactive ketones (excluding diaryl/α,β-unsaturated/α-hetero) is 1. The zero-order chi connectivity index (χ0) is 27.4. The Balaban J connectivity index is 2.46. The summed E-state index contributed by atoms with van der Waals surface area (Å²) < 4.78 is 97.0. The molecule has 0 fully saturated rings. The van der Waals surface area contributed by atoms with Gasteiger partial charge in [0.15, 0.2) is 5.78 Å². The predicted molar refractivity (Wildman–Crippen MR) is 127 cm³/mol. The van der Waals surface area contributed by atoms with E-state index in [4.69, 9.17) is 34.8 Å². The van der Waals surface area contributed by atoms with E-state index in [2.05, 4.69) is 5.32 Å². The Morgan fingerprint density at radius 2 is 1.58 bits per heavy atom. The van der Waals surface area contributed by atoms with E-state index >= 15 is 0 Å². The molecular formula is C24H21Cl3F7NO. The third kappa shape index (κ3) is 8.10. The van der Waals surface area contributed by atoms with Crippen LogP contribution in [0.1, 0.15) is 53.2 Å². The molecule has 0 saturated carbocycles. The van der Waals surface area contributed by atoms with Crippen LogP contribution >= 0.6 is 34.8 Å². The number of ketones is 1. The second-order valence-electron chi connectivity index (χ2n) is 8.37. The largest absolute Gasteiger partial charge is 0.417 e. The van der Waals surface area contributed by atoms with E-state index < -0.39 is 52.1 Å². The maximum absolute atomic E-state index is 14.9. The number of carbonyl (C=O) groups is 1. The quantitative estimate of drug-likeness (QED) is 0.139. The van der Waals surface area contributed by atoms with Gasteiger partial charge in [-0.3, -0.25) is 4.79 Å². The molecule has 36 heavy (non-hydrogen) atoms. The van der Waals surface area contributed by atoms with Crippen LogP contribution in [0.5, 0.6) is 0 Å². The second-order valence-corrected chi connectivity index (χ2v) is 9.57. The van der Waals surface area contributed by atoms with Crippen molar-refractivity contribution in [2.75, 3.05) is 13.1 Å². The van der Waals surface area contributed by atoms with Gasteiger partial charge in [-0.25, -0.2) is 4.39 Å². The van der Waals surface area contributed by atoms with Crippen LogP contribution in [0.2, 0.25) is 15.1 Å². The van der Waals surface area contributed by atoms with Gasteiger partial charge in [0.1, 0.15) is 11.7 Å². The Hall–Kier alpha value is -1.81. The molecule has 0 aliphatic carbocycles. The number of hydrogen-bond acceptors (Lipinski definition) is 2. The number of hydrogen-bond donors (Lipinski definition) is 1. The molecule has 0 aromatic heterocycles. The summed E-state index contributed by atoms with van der Waals surface area (Å²) in [6.07, 6.45) is -9.29. The topological polar surface area (TPSA) is 29.1 Å². The first-order valence-electron chi connectivity index (χ1n) is 10.6. The van der Waals surface area contributed by atoms with Crippen molar-refractivity contribution in [1.82, 2.24) is 5.32 Å². The highest BCUT2D eigenvalue weighted by atomic mass is 35.5. The minimum atomic E-state index is -5.06. The second kappa shape index (κ2) is 12.2. The van der Waals surface area contributed by atoms with E-state index in [-0.39, 0.29) is 27.7 Å². The van der Waals surface area contributed by atoms with E-state index in [0.717, 1.165) is 24.3 Å². The number of carbonyl (C=O) groups excluding carboxylic acids is 1. The molecule has 1 unspecified atom stereocenters. The number of halogens is 10. The molecule has 2 aromatic carbocycles. The van der Waals surface area contributed by atoms with Crippen molar-refractivity contribution >= 4 is 46.4 Å². The van der Waals surface area contributed by atoms with Crippen LogP contribution in [0.25, 0.3) is 5.83 Å². The van der Waals surface area contributed by atoms with Crippen molar-refractivity contribution in [3.63, 3.8) is 0 Å². The lowest BCUT2D eigenvalue weighted by molar-refractivity contribution is -0.140. The van der Waals surface area contributed by atoms with Gasteiger partial charge < -0.3 is 5.32 Å². The molecule has 12 heteroatoms. The van der Waals surface area contributed by atoms with Crippen LogP contribution in [0.15, 0.2) is 36.4 Å².